The van der Waals surface area contributed by atoms with Crippen LogP contribution in [0.15, 0.2) is 46.8 Å². The SMILES string of the molecule is CCOc1ccc(NC(=O)CSc2nnc(NCc3ccc(F)cc3)s2)c([N+](=O)[O-])c1. The summed E-state index contributed by atoms with van der Waals surface area (Å²) in [7, 11) is 0. The van der Waals surface area contributed by atoms with Crippen LogP contribution < -0.4 is 15.4 Å². The first kappa shape index (κ1) is 22.4. The number of nitrogens with one attached hydrogen (secondary N) is 2. The zero-order valence-corrected chi connectivity index (χ0v) is 18.0. The average molecular weight is 464 g/mol. The molecule has 31 heavy (non-hydrogen) atoms. The molecule has 0 saturated carbocycles. The molecule has 3 rings (SSSR count). The minimum absolute atomic E-state index is 0.0109. The molecule has 0 spiro atoms. The fraction of sp³-hybridized carbons (Fsp3) is 0.211. The first-order valence-corrected chi connectivity index (χ1v) is 10.9. The van der Waals surface area contributed by atoms with Gasteiger partial charge >= 0.3 is 0 Å². The lowest BCUT2D eigenvalue weighted by Crippen LogP contribution is -2.15. The third-order valence-electron chi connectivity index (χ3n) is 3.84. The van der Waals surface area contributed by atoms with Crippen LogP contribution in [0.3, 0.4) is 0 Å². The van der Waals surface area contributed by atoms with Gasteiger partial charge in [0, 0.05) is 6.54 Å². The zero-order valence-electron chi connectivity index (χ0n) is 16.3. The van der Waals surface area contributed by atoms with Crippen molar-refractivity contribution in [2.75, 3.05) is 23.0 Å². The van der Waals surface area contributed by atoms with Crippen LogP contribution in [0.2, 0.25) is 0 Å². The van der Waals surface area contributed by atoms with E-state index in [1.165, 1.54) is 47.4 Å². The number of hydrogen-bond acceptors (Lipinski definition) is 9. The van der Waals surface area contributed by atoms with Crippen molar-refractivity contribution < 1.29 is 18.8 Å². The van der Waals surface area contributed by atoms with Gasteiger partial charge < -0.3 is 15.4 Å². The minimum Gasteiger partial charge on any atom is -0.494 e. The summed E-state index contributed by atoms with van der Waals surface area (Å²) in [5, 5.41) is 25.5. The Labute approximate surface area is 185 Å². The Kier molecular flexibility index (Phi) is 7.73. The summed E-state index contributed by atoms with van der Waals surface area (Å²) < 4.78 is 18.8. The van der Waals surface area contributed by atoms with E-state index in [4.69, 9.17) is 4.74 Å². The van der Waals surface area contributed by atoms with Gasteiger partial charge in [-0.1, -0.05) is 35.2 Å². The minimum atomic E-state index is -0.574. The molecule has 0 bridgehead atoms. The van der Waals surface area contributed by atoms with Crippen LogP contribution in [0.5, 0.6) is 5.75 Å². The number of benzene rings is 2. The fourth-order valence-electron chi connectivity index (χ4n) is 2.46. The summed E-state index contributed by atoms with van der Waals surface area (Å²) in [6.07, 6.45) is 0. The maximum absolute atomic E-state index is 12.9. The molecule has 2 N–H and O–H groups in total. The molecule has 3 aromatic rings. The number of ether oxygens (including phenoxy) is 1. The first-order chi connectivity index (χ1) is 14.9. The first-order valence-electron chi connectivity index (χ1n) is 9.10. The van der Waals surface area contributed by atoms with E-state index >= 15 is 0 Å². The number of carbonyl (C=O) groups excluding carboxylic acids is 1. The maximum atomic E-state index is 12.9. The van der Waals surface area contributed by atoms with E-state index in [1.807, 2.05) is 0 Å². The highest BCUT2D eigenvalue weighted by molar-refractivity contribution is 8.01. The molecule has 0 aliphatic carbocycles. The molecule has 1 amide bonds. The fourth-order valence-corrected chi connectivity index (χ4v) is 4.01. The number of halogens is 1. The van der Waals surface area contributed by atoms with Crippen molar-refractivity contribution >= 4 is 45.5 Å². The van der Waals surface area contributed by atoms with Gasteiger partial charge in [0.1, 0.15) is 17.3 Å². The Morgan fingerprint density at radius 3 is 2.74 bits per heavy atom. The van der Waals surface area contributed by atoms with Crippen LogP contribution in [0.1, 0.15) is 12.5 Å². The van der Waals surface area contributed by atoms with Crippen LogP contribution in [0.4, 0.5) is 20.9 Å². The number of rotatable bonds is 10. The van der Waals surface area contributed by atoms with Crippen molar-refractivity contribution in [2.45, 2.75) is 17.8 Å². The molecule has 0 unspecified atom stereocenters. The Morgan fingerprint density at radius 2 is 2.03 bits per heavy atom. The van der Waals surface area contributed by atoms with Crippen LogP contribution in [0.25, 0.3) is 0 Å². The Hall–Kier alpha value is -3.25. The molecular weight excluding hydrogens is 445 g/mol. The van der Waals surface area contributed by atoms with Crippen LogP contribution in [-0.4, -0.2) is 33.4 Å². The lowest BCUT2D eigenvalue weighted by molar-refractivity contribution is -0.384. The van der Waals surface area contributed by atoms with E-state index in [0.717, 1.165) is 5.56 Å². The molecule has 0 aliphatic rings. The average Bonchev–Trinajstić information content (AvgIpc) is 3.21. The van der Waals surface area contributed by atoms with Gasteiger partial charge in [0.2, 0.25) is 11.0 Å². The Bertz CT molecular complexity index is 1060. The number of aromatic nitrogens is 2. The highest BCUT2D eigenvalue weighted by atomic mass is 32.2. The molecule has 2 aromatic carbocycles. The number of nitro groups is 1. The van der Waals surface area contributed by atoms with E-state index in [9.17, 15) is 19.3 Å². The summed E-state index contributed by atoms with van der Waals surface area (Å²) in [5.41, 5.74) is 0.743. The number of nitro benzene ring substituents is 1. The number of nitrogens with zero attached hydrogens (tertiary/aromatic N) is 3. The molecule has 0 fully saturated rings. The number of hydrogen-bond donors (Lipinski definition) is 2. The zero-order chi connectivity index (χ0) is 22.2. The van der Waals surface area contributed by atoms with Crippen molar-refractivity contribution in [2.24, 2.45) is 0 Å². The number of thioether (sulfide) groups is 1. The monoisotopic (exact) mass is 463 g/mol. The lowest BCUT2D eigenvalue weighted by atomic mass is 10.2. The van der Waals surface area contributed by atoms with E-state index in [0.29, 0.717) is 28.4 Å². The van der Waals surface area contributed by atoms with E-state index < -0.39 is 10.8 Å². The summed E-state index contributed by atoms with van der Waals surface area (Å²) in [6, 6.07) is 10.4. The van der Waals surface area contributed by atoms with Crippen molar-refractivity contribution in [3.05, 3.63) is 64.0 Å². The van der Waals surface area contributed by atoms with Crippen LogP contribution >= 0.6 is 23.1 Å². The summed E-state index contributed by atoms with van der Waals surface area (Å²) in [4.78, 5) is 22.9. The molecule has 0 radical (unpaired) electrons. The Morgan fingerprint density at radius 1 is 1.26 bits per heavy atom. The van der Waals surface area contributed by atoms with Gasteiger partial charge in [-0.15, -0.1) is 10.2 Å². The van der Waals surface area contributed by atoms with E-state index in [2.05, 4.69) is 20.8 Å². The van der Waals surface area contributed by atoms with E-state index in [-0.39, 0.29) is 22.9 Å². The van der Waals surface area contributed by atoms with Gasteiger partial charge in [-0.2, -0.15) is 0 Å². The quantitative estimate of drug-likeness (QED) is 0.259. The van der Waals surface area contributed by atoms with Crippen molar-refractivity contribution in [1.29, 1.82) is 0 Å². The second-order valence-corrected chi connectivity index (χ2v) is 8.26. The number of amides is 1. The summed E-state index contributed by atoms with van der Waals surface area (Å²) in [6.45, 7) is 2.61. The number of anilines is 2. The topological polar surface area (TPSA) is 119 Å². The molecule has 0 aliphatic heterocycles. The van der Waals surface area contributed by atoms with Crippen molar-refractivity contribution in [1.82, 2.24) is 10.2 Å². The van der Waals surface area contributed by atoms with Crippen molar-refractivity contribution in [3.63, 3.8) is 0 Å². The third kappa shape index (κ3) is 6.62. The van der Waals surface area contributed by atoms with Crippen LogP contribution in [-0.2, 0) is 11.3 Å². The van der Waals surface area contributed by atoms with Crippen LogP contribution in [0, 0.1) is 15.9 Å². The van der Waals surface area contributed by atoms with Crippen molar-refractivity contribution in [3.8, 4) is 5.75 Å². The maximum Gasteiger partial charge on any atom is 0.296 e. The third-order valence-corrected chi connectivity index (χ3v) is 5.86. The van der Waals surface area contributed by atoms with E-state index in [1.54, 1.807) is 25.1 Å². The molecule has 1 aromatic heterocycles. The molecule has 9 nitrogen and oxygen atoms in total. The highest BCUT2D eigenvalue weighted by Crippen LogP contribution is 2.30. The molecule has 1 heterocycles. The standard InChI is InChI=1S/C19H18FN5O4S2/c1-2-29-14-7-8-15(16(9-14)25(27)28)22-17(26)11-30-19-24-23-18(31-19)21-10-12-3-5-13(20)6-4-12/h3-9H,2,10-11H2,1H3,(H,21,23)(H,22,26). The molecule has 0 saturated heterocycles. The highest BCUT2D eigenvalue weighted by Gasteiger charge is 2.18. The van der Waals surface area contributed by atoms with Gasteiger partial charge in [-0.25, -0.2) is 4.39 Å². The molecular formula is C19H18FN5O4S2. The Balaban J connectivity index is 1.52. The van der Waals surface area contributed by atoms with Gasteiger partial charge in [-0.3, -0.25) is 14.9 Å². The van der Waals surface area contributed by atoms with Gasteiger partial charge in [0.15, 0.2) is 4.34 Å². The summed E-state index contributed by atoms with van der Waals surface area (Å²) in [5.74, 6) is -0.340. The largest absolute Gasteiger partial charge is 0.494 e. The van der Waals surface area contributed by atoms with Gasteiger partial charge in [0.25, 0.3) is 5.69 Å². The lowest BCUT2D eigenvalue weighted by Gasteiger charge is -2.08. The second kappa shape index (κ2) is 10.7. The van der Waals surface area contributed by atoms with Gasteiger partial charge in [0.05, 0.1) is 23.3 Å². The predicted octanol–water partition coefficient (Wildman–Crippen LogP) is 4.33. The number of carbonyl (C=O) groups is 1. The molecule has 162 valence electrons. The molecule has 0 atom stereocenters. The van der Waals surface area contributed by atoms with Gasteiger partial charge in [-0.05, 0) is 36.8 Å². The normalized spacial score (nSPS) is 10.5. The smallest absolute Gasteiger partial charge is 0.296 e. The summed E-state index contributed by atoms with van der Waals surface area (Å²) >= 11 is 2.44. The second-order valence-electron chi connectivity index (χ2n) is 6.06. The predicted molar refractivity (Wildman–Crippen MR) is 117 cm³/mol. The molecule has 12 heteroatoms.